The third-order valence-electron chi connectivity index (χ3n) is 6.81. The molecule has 240 valence electrons. The quantitative estimate of drug-likeness (QED) is 0.0652. The maximum absolute atomic E-state index is 13.4. The fraction of sp³-hybridized carbons (Fsp3) is 0.528. The number of ketones is 2. The van der Waals surface area contributed by atoms with Crippen molar-refractivity contribution in [3.8, 4) is 11.5 Å². The zero-order valence-electron chi connectivity index (χ0n) is 27.5. The highest BCUT2D eigenvalue weighted by Crippen LogP contribution is 2.31. The summed E-state index contributed by atoms with van der Waals surface area (Å²) < 4.78 is 16.7. The van der Waals surface area contributed by atoms with Crippen LogP contribution in [0, 0.1) is 11.3 Å². The second-order valence-corrected chi connectivity index (χ2v) is 13.1. The predicted octanol–water partition coefficient (Wildman–Crippen LogP) is 8.34. The maximum atomic E-state index is 13.4. The lowest BCUT2D eigenvalue weighted by atomic mass is 9.85. The van der Waals surface area contributed by atoms with E-state index in [-0.39, 0.29) is 40.6 Å². The number of benzene rings is 2. The third-order valence-corrected chi connectivity index (χ3v) is 6.81. The summed E-state index contributed by atoms with van der Waals surface area (Å²) in [6.45, 7) is 14.3. The normalized spacial score (nSPS) is 12.3. The van der Waals surface area contributed by atoms with Gasteiger partial charge in [-0.1, -0.05) is 78.9 Å². The second-order valence-electron chi connectivity index (χ2n) is 13.1. The highest BCUT2D eigenvalue weighted by molar-refractivity contribution is 6.06. The van der Waals surface area contributed by atoms with Crippen LogP contribution < -0.4 is 9.47 Å². The molecule has 2 rings (SSSR count). The Bertz CT molecular complexity index is 1330. The first kappa shape index (κ1) is 36.4. The van der Waals surface area contributed by atoms with Crippen molar-refractivity contribution >= 4 is 29.5 Å². The van der Waals surface area contributed by atoms with Gasteiger partial charge in [-0.05, 0) is 63.9 Å². The minimum Gasteiger partial charge on any atom is -0.456 e. The Morgan fingerprint density at radius 1 is 0.705 bits per heavy atom. The summed E-state index contributed by atoms with van der Waals surface area (Å²) in [6, 6.07) is 10.6. The smallest absolute Gasteiger partial charge is 0.342 e. The van der Waals surface area contributed by atoms with E-state index >= 15 is 0 Å². The summed E-state index contributed by atoms with van der Waals surface area (Å²) in [6.07, 6.45) is 5.97. The van der Waals surface area contributed by atoms with Gasteiger partial charge in [0.25, 0.3) is 0 Å². The molecule has 8 nitrogen and oxygen atoms in total. The Labute approximate surface area is 261 Å². The van der Waals surface area contributed by atoms with Gasteiger partial charge in [0.2, 0.25) is 0 Å². The molecule has 0 aliphatic carbocycles. The first-order valence-corrected chi connectivity index (χ1v) is 15.6. The van der Waals surface area contributed by atoms with Gasteiger partial charge >= 0.3 is 17.9 Å². The van der Waals surface area contributed by atoms with Crippen molar-refractivity contribution in [2.45, 2.75) is 112 Å². The summed E-state index contributed by atoms with van der Waals surface area (Å²) in [5.41, 5.74) is -1.07. The maximum Gasteiger partial charge on any atom is 0.342 e. The van der Waals surface area contributed by atoms with E-state index in [2.05, 4.69) is 6.92 Å². The van der Waals surface area contributed by atoms with Crippen molar-refractivity contribution in [1.29, 1.82) is 0 Å². The van der Waals surface area contributed by atoms with E-state index in [9.17, 15) is 24.0 Å². The Balaban J connectivity index is 2.32. The van der Waals surface area contributed by atoms with Gasteiger partial charge in [-0.15, -0.1) is 0 Å². The van der Waals surface area contributed by atoms with E-state index in [4.69, 9.17) is 14.2 Å². The molecular weight excluding hydrogens is 560 g/mol. The van der Waals surface area contributed by atoms with Crippen LogP contribution in [0.4, 0.5) is 0 Å². The lowest BCUT2D eigenvalue weighted by Crippen LogP contribution is -2.32. The van der Waals surface area contributed by atoms with E-state index in [1.807, 2.05) is 0 Å². The molecule has 0 aromatic heterocycles. The van der Waals surface area contributed by atoms with Crippen LogP contribution in [-0.2, 0) is 14.3 Å². The van der Waals surface area contributed by atoms with Gasteiger partial charge in [-0.2, -0.15) is 0 Å². The van der Waals surface area contributed by atoms with Crippen LogP contribution in [0.3, 0.4) is 0 Å². The number of hydrogen-bond donors (Lipinski definition) is 0. The van der Waals surface area contributed by atoms with Crippen LogP contribution in [0.15, 0.2) is 42.5 Å². The molecular formula is C36H48O8. The minimum absolute atomic E-state index is 0.0301. The first-order valence-electron chi connectivity index (χ1n) is 15.6. The number of rotatable bonds is 15. The summed E-state index contributed by atoms with van der Waals surface area (Å²) in [4.78, 5) is 65.8. The average Bonchev–Trinajstić information content (AvgIpc) is 2.94. The number of hydrogen-bond acceptors (Lipinski definition) is 8. The summed E-state index contributed by atoms with van der Waals surface area (Å²) in [5.74, 6) is -4.25. The molecule has 0 saturated carbocycles. The molecule has 1 unspecified atom stereocenters. The number of para-hydroxylation sites is 1. The van der Waals surface area contributed by atoms with E-state index in [0.29, 0.717) is 18.4 Å². The standard InChI is InChI=1S/C36H48O8/c1-9-11-12-13-14-19-28(37)24-21-22-30(27(23-24)31(38)35(3,4)5)43-33(40)26(17-10-2)32(39)42-29-20-16-15-18-25(29)34(41)44-36(6,7)8/h15-16,18,20-23,26H,9-14,17,19H2,1-8H3. The number of ether oxygens (including phenoxy) is 3. The molecule has 0 heterocycles. The molecule has 0 spiro atoms. The fourth-order valence-electron chi connectivity index (χ4n) is 4.44. The Morgan fingerprint density at radius 3 is 1.86 bits per heavy atom. The van der Waals surface area contributed by atoms with Crippen LogP contribution in [0.1, 0.15) is 138 Å². The number of carbonyl (C=O) groups excluding carboxylic acids is 5. The van der Waals surface area contributed by atoms with E-state index in [1.54, 1.807) is 66.7 Å². The molecule has 0 saturated heterocycles. The van der Waals surface area contributed by atoms with Gasteiger partial charge in [0.15, 0.2) is 17.5 Å². The van der Waals surface area contributed by atoms with Crippen molar-refractivity contribution in [3.63, 3.8) is 0 Å². The topological polar surface area (TPSA) is 113 Å². The van der Waals surface area contributed by atoms with Gasteiger partial charge in [0.1, 0.15) is 22.7 Å². The lowest BCUT2D eigenvalue weighted by molar-refractivity contribution is -0.151. The largest absolute Gasteiger partial charge is 0.456 e. The molecule has 0 amide bonds. The zero-order valence-corrected chi connectivity index (χ0v) is 27.5. The van der Waals surface area contributed by atoms with Gasteiger partial charge in [0.05, 0.1) is 5.56 Å². The Kier molecular flexibility index (Phi) is 13.5. The monoisotopic (exact) mass is 608 g/mol. The van der Waals surface area contributed by atoms with Crippen molar-refractivity contribution in [2.24, 2.45) is 11.3 Å². The molecule has 0 bridgehead atoms. The molecule has 0 N–H and O–H groups in total. The lowest BCUT2D eigenvalue weighted by Gasteiger charge is -2.21. The number of unbranched alkanes of at least 4 members (excludes halogenated alkanes) is 4. The highest BCUT2D eigenvalue weighted by atomic mass is 16.6. The van der Waals surface area contributed by atoms with E-state index < -0.39 is 34.8 Å². The SMILES string of the molecule is CCCCCCCC(=O)c1ccc(OC(=O)C(CCC)C(=O)Oc2ccccc2C(=O)OC(C)(C)C)c(C(=O)C(C)(C)C)c1. The molecule has 44 heavy (non-hydrogen) atoms. The van der Waals surface area contributed by atoms with E-state index in [1.165, 1.54) is 24.3 Å². The summed E-state index contributed by atoms with van der Waals surface area (Å²) in [7, 11) is 0. The van der Waals surface area contributed by atoms with Crippen molar-refractivity contribution < 1.29 is 38.2 Å². The summed E-state index contributed by atoms with van der Waals surface area (Å²) in [5, 5.41) is 0. The highest BCUT2D eigenvalue weighted by Gasteiger charge is 2.34. The molecule has 0 aliphatic rings. The fourth-order valence-corrected chi connectivity index (χ4v) is 4.44. The molecule has 0 aliphatic heterocycles. The Hall–Kier alpha value is -3.81. The second kappa shape index (κ2) is 16.3. The number of Topliss-reactive ketones (excluding diaryl/α,β-unsaturated/α-hetero) is 2. The average molecular weight is 609 g/mol. The van der Waals surface area contributed by atoms with Gasteiger partial charge < -0.3 is 14.2 Å². The molecule has 2 aromatic rings. The van der Waals surface area contributed by atoms with Gasteiger partial charge in [-0.3, -0.25) is 19.2 Å². The molecule has 2 aromatic carbocycles. The van der Waals surface area contributed by atoms with Crippen LogP contribution in [0.2, 0.25) is 0 Å². The van der Waals surface area contributed by atoms with Crippen LogP contribution in [-0.4, -0.2) is 35.1 Å². The molecule has 0 fully saturated rings. The number of esters is 3. The molecule has 8 heteroatoms. The molecule has 1 atom stereocenters. The summed E-state index contributed by atoms with van der Waals surface area (Å²) >= 11 is 0. The van der Waals surface area contributed by atoms with Crippen molar-refractivity contribution in [2.75, 3.05) is 0 Å². The van der Waals surface area contributed by atoms with E-state index in [0.717, 1.165) is 32.1 Å². The predicted molar refractivity (Wildman–Crippen MR) is 169 cm³/mol. The van der Waals surface area contributed by atoms with Crippen molar-refractivity contribution in [1.82, 2.24) is 0 Å². The van der Waals surface area contributed by atoms with Crippen LogP contribution >= 0.6 is 0 Å². The molecule has 0 radical (unpaired) electrons. The van der Waals surface area contributed by atoms with Crippen LogP contribution in [0.25, 0.3) is 0 Å². The first-order chi connectivity index (χ1) is 20.6. The third kappa shape index (κ3) is 11.0. The minimum atomic E-state index is -1.33. The van der Waals surface area contributed by atoms with Crippen LogP contribution in [0.5, 0.6) is 11.5 Å². The van der Waals surface area contributed by atoms with Crippen molar-refractivity contribution in [3.05, 3.63) is 59.2 Å². The zero-order chi connectivity index (χ0) is 33.1. The number of carbonyl (C=O) groups is 5. The Morgan fingerprint density at radius 2 is 1.30 bits per heavy atom. The van der Waals surface area contributed by atoms with Gasteiger partial charge in [0, 0.05) is 17.4 Å². The van der Waals surface area contributed by atoms with Gasteiger partial charge in [-0.25, -0.2) is 4.79 Å².